The van der Waals surface area contributed by atoms with Crippen molar-refractivity contribution >= 4 is 11.6 Å². The van der Waals surface area contributed by atoms with Crippen molar-refractivity contribution in [1.29, 1.82) is 0 Å². The number of aryl methyl sites for hydroxylation is 1. The Morgan fingerprint density at radius 1 is 1.38 bits per heavy atom. The van der Waals surface area contributed by atoms with E-state index in [0.717, 1.165) is 18.6 Å². The van der Waals surface area contributed by atoms with Crippen LogP contribution in [0.1, 0.15) is 36.4 Å². The van der Waals surface area contributed by atoms with Crippen LogP contribution in [0.2, 0.25) is 5.15 Å². The van der Waals surface area contributed by atoms with E-state index in [1.54, 1.807) is 10.9 Å². The highest BCUT2D eigenvalue weighted by molar-refractivity contribution is 6.30. The molecule has 2 aromatic heterocycles. The van der Waals surface area contributed by atoms with Gasteiger partial charge in [0.1, 0.15) is 17.0 Å². The summed E-state index contributed by atoms with van der Waals surface area (Å²) in [5.41, 5.74) is -0.520. The molecule has 21 heavy (non-hydrogen) atoms. The highest BCUT2D eigenvalue weighted by Gasteiger charge is 2.33. The van der Waals surface area contributed by atoms with Gasteiger partial charge in [-0.3, -0.25) is 0 Å². The van der Waals surface area contributed by atoms with Gasteiger partial charge in [-0.25, -0.2) is 9.97 Å². The smallest absolute Gasteiger partial charge is 0.382 e. The average molecular weight is 320 g/mol. The Kier molecular flexibility index (Phi) is 4.53. The summed E-state index contributed by atoms with van der Waals surface area (Å²) in [4.78, 5) is 7.24. The van der Waals surface area contributed by atoms with Crippen LogP contribution in [0.15, 0.2) is 24.7 Å². The fourth-order valence-corrected chi connectivity index (χ4v) is 2.21. The van der Waals surface area contributed by atoms with Crippen molar-refractivity contribution in [2.45, 2.75) is 32.2 Å². The summed E-state index contributed by atoms with van der Waals surface area (Å²) in [5, 5.41) is 9.92. The molecule has 2 rings (SSSR count). The third-order valence-corrected chi connectivity index (χ3v) is 3.25. The number of aliphatic hydroxyl groups excluding tert-OH is 1. The quantitative estimate of drug-likeness (QED) is 0.878. The molecule has 0 radical (unpaired) electrons. The number of aliphatic hydroxyl groups is 1. The molecule has 0 bridgehead atoms. The maximum Gasteiger partial charge on any atom is 0.433 e. The molecular formula is C13H13ClF3N3O. The van der Waals surface area contributed by atoms with Gasteiger partial charge in [-0.1, -0.05) is 24.6 Å². The van der Waals surface area contributed by atoms with E-state index in [4.69, 9.17) is 11.6 Å². The summed E-state index contributed by atoms with van der Waals surface area (Å²) in [6.45, 7) is 2.60. The molecule has 114 valence electrons. The minimum atomic E-state index is -4.57. The van der Waals surface area contributed by atoms with Crippen LogP contribution in [0.25, 0.3) is 0 Å². The molecule has 8 heteroatoms. The van der Waals surface area contributed by atoms with Crippen molar-refractivity contribution in [3.8, 4) is 0 Å². The van der Waals surface area contributed by atoms with Crippen LogP contribution in [0, 0.1) is 0 Å². The maximum absolute atomic E-state index is 12.5. The second-order valence-corrected chi connectivity index (χ2v) is 4.85. The van der Waals surface area contributed by atoms with E-state index in [1.807, 2.05) is 6.92 Å². The molecule has 0 spiro atoms. The summed E-state index contributed by atoms with van der Waals surface area (Å²) >= 11 is 5.78. The van der Waals surface area contributed by atoms with Gasteiger partial charge in [0.15, 0.2) is 0 Å². The SMILES string of the molecule is CCCn1cncc1C(O)c1ccc(C(F)(F)F)nc1Cl. The predicted molar refractivity (Wildman–Crippen MR) is 70.8 cm³/mol. The van der Waals surface area contributed by atoms with Crippen LogP contribution in [0.5, 0.6) is 0 Å². The number of imidazole rings is 1. The lowest BCUT2D eigenvalue weighted by molar-refractivity contribution is -0.141. The number of alkyl halides is 3. The minimum Gasteiger partial charge on any atom is -0.382 e. The van der Waals surface area contributed by atoms with Crippen LogP contribution in [0.4, 0.5) is 13.2 Å². The fraction of sp³-hybridized carbons (Fsp3) is 0.385. The van der Waals surface area contributed by atoms with E-state index in [1.165, 1.54) is 6.20 Å². The Morgan fingerprint density at radius 2 is 2.10 bits per heavy atom. The van der Waals surface area contributed by atoms with Gasteiger partial charge in [-0.15, -0.1) is 0 Å². The molecule has 0 aromatic carbocycles. The van der Waals surface area contributed by atoms with E-state index in [9.17, 15) is 18.3 Å². The van der Waals surface area contributed by atoms with Crippen LogP contribution < -0.4 is 0 Å². The molecular weight excluding hydrogens is 307 g/mol. The van der Waals surface area contributed by atoms with E-state index >= 15 is 0 Å². The van der Waals surface area contributed by atoms with Gasteiger partial charge in [0, 0.05) is 12.1 Å². The summed E-state index contributed by atoms with van der Waals surface area (Å²) < 4.78 is 39.3. The van der Waals surface area contributed by atoms with Gasteiger partial charge in [-0.05, 0) is 12.5 Å². The molecule has 2 aromatic rings. The highest BCUT2D eigenvalue weighted by Crippen LogP contribution is 2.32. The number of rotatable bonds is 4. The standard InChI is InChI=1S/C13H13ClF3N3O/c1-2-5-20-7-18-6-9(20)11(21)8-3-4-10(13(15,16)17)19-12(8)14/h3-4,6-7,11,21H,2,5H2,1H3. The second-order valence-electron chi connectivity index (χ2n) is 4.49. The van der Waals surface area contributed by atoms with E-state index in [2.05, 4.69) is 9.97 Å². The normalized spacial score (nSPS) is 13.4. The molecule has 1 unspecified atom stereocenters. The first-order valence-electron chi connectivity index (χ1n) is 6.26. The predicted octanol–water partition coefficient (Wildman–Crippen LogP) is 3.44. The monoisotopic (exact) mass is 319 g/mol. The lowest BCUT2D eigenvalue weighted by Crippen LogP contribution is -2.12. The van der Waals surface area contributed by atoms with E-state index in [0.29, 0.717) is 12.2 Å². The summed E-state index contributed by atoms with van der Waals surface area (Å²) in [6, 6.07) is 1.93. The summed E-state index contributed by atoms with van der Waals surface area (Å²) in [7, 11) is 0. The number of halogens is 4. The van der Waals surface area contributed by atoms with Gasteiger partial charge in [0.05, 0.1) is 18.2 Å². The molecule has 1 atom stereocenters. The van der Waals surface area contributed by atoms with Crippen molar-refractivity contribution in [3.63, 3.8) is 0 Å². The Balaban J connectivity index is 2.35. The maximum atomic E-state index is 12.5. The molecule has 4 nitrogen and oxygen atoms in total. The summed E-state index contributed by atoms with van der Waals surface area (Å²) in [6.07, 6.45) is -1.92. The topological polar surface area (TPSA) is 50.9 Å². The number of pyridine rings is 1. The molecule has 0 aliphatic carbocycles. The number of hydrogen-bond acceptors (Lipinski definition) is 3. The van der Waals surface area contributed by atoms with Crippen LogP contribution >= 0.6 is 11.6 Å². The molecule has 0 aliphatic heterocycles. The third-order valence-electron chi connectivity index (χ3n) is 2.95. The number of aromatic nitrogens is 3. The fourth-order valence-electron chi connectivity index (χ4n) is 1.95. The van der Waals surface area contributed by atoms with Gasteiger partial charge >= 0.3 is 6.18 Å². The third kappa shape index (κ3) is 3.36. The Morgan fingerprint density at radius 3 is 2.67 bits per heavy atom. The van der Waals surface area contributed by atoms with Crippen LogP contribution in [0.3, 0.4) is 0 Å². The van der Waals surface area contributed by atoms with E-state index in [-0.39, 0.29) is 10.7 Å². The average Bonchev–Trinajstić information content (AvgIpc) is 2.85. The number of hydrogen-bond donors (Lipinski definition) is 1. The lowest BCUT2D eigenvalue weighted by Gasteiger charge is -2.15. The van der Waals surface area contributed by atoms with E-state index < -0.39 is 18.0 Å². The Labute approximate surface area is 124 Å². The highest BCUT2D eigenvalue weighted by atomic mass is 35.5. The van der Waals surface area contributed by atoms with Crippen molar-refractivity contribution in [1.82, 2.24) is 14.5 Å². The van der Waals surface area contributed by atoms with Crippen molar-refractivity contribution in [2.75, 3.05) is 0 Å². The molecule has 0 fully saturated rings. The minimum absolute atomic E-state index is 0.113. The van der Waals surface area contributed by atoms with Gasteiger partial charge < -0.3 is 9.67 Å². The van der Waals surface area contributed by atoms with Gasteiger partial charge in [0.2, 0.25) is 0 Å². The van der Waals surface area contributed by atoms with Crippen molar-refractivity contribution in [3.05, 3.63) is 46.8 Å². The molecule has 2 heterocycles. The first-order valence-corrected chi connectivity index (χ1v) is 6.64. The van der Waals surface area contributed by atoms with Crippen LogP contribution in [-0.4, -0.2) is 19.6 Å². The zero-order valence-electron chi connectivity index (χ0n) is 11.1. The molecule has 1 N–H and O–H groups in total. The second kappa shape index (κ2) is 6.03. The van der Waals surface area contributed by atoms with Crippen molar-refractivity contribution < 1.29 is 18.3 Å². The molecule has 0 aliphatic rings. The van der Waals surface area contributed by atoms with Gasteiger partial charge in [-0.2, -0.15) is 13.2 Å². The molecule has 0 saturated carbocycles. The Bertz CT molecular complexity index is 627. The number of nitrogens with zero attached hydrogens (tertiary/aromatic N) is 3. The first-order chi connectivity index (χ1) is 9.84. The zero-order valence-corrected chi connectivity index (χ0v) is 11.9. The molecule has 0 saturated heterocycles. The van der Waals surface area contributed by atoms with Gasteiger partial charge in [0.25, 0.3) is 0 Å². The zero-order chi connectivity index (χ0) is 15.6. The largest absolute Gasteiger partial charge is 0.433 e. The Hall–Kier alpha value is -1.60. The van der Waals surface area contributed by atoms with Crippen molar-refractivity contribution in [2.24, 2.45) is 0 Å². The summed E-state index contributed by atoms with van der Waals surface area (Å²) in [5.74, 6) is 0. The molecule has 0 amide bonds. The first kappa shape index (κ1) is 15.8. The lowest BCUT2D eigenvalue weighted by atomic mass is 10.1. The van der Waals surface area contributed by atoms with Crippen LogP contribution in [-0.2, 0) is 12.7 Å².